The van der Waals surface area contributed by atoms with Gasteiger partial charge in [-0.1, -0.05) is 12.1 Å². The molecule has 1 N–H and O–H groups in total. The minimum absolute atomic E-state index is 0.111. The van der Waals surface area contributed by atoms with Crippen LogP contribution in [0.3, 0.4) is 0 Å². The number of nitrogens with zero attached hydrogens (tertiary/aromatic N) is 1. The van der Waals surface area contributed by atoms with E-state index in [1.165, 1.54) is 12.1 Å². The molecule has 2 amide bonds. The molecule has 0 radical (unpaired) electrons. The van der Waals surface area contributed by atoms with Crippen LogP contribution in [0.25, 0.3) is 0 Å². The van der Waals surface area contributed by atoms with Crippen LogP contribution in [0, 0.1) is 0 Å². The van der Waals surface area contributed by atoms with Crippen LogP contribution < -0.4 is 0 Å². The Morgan fingerprint density at radius 1 is 1.24 bits per heavy atom. The van der Waals surface area contributed by atoms with Gasteiger partial charge in [-0.2, -0.15) is 0 Å². The number of carbonyl (C=O) groups excluding carboxylic acids is 3. The molecular formula is C12H11NO4. The van der Waals surface area contributed by atoms with Gasteiger partial charge in [-0.25, -0.2) is 0 Å². The lowest BCUT2D eigenvalue weighted by molar-refractivity contribution is -0.161. The topological polar surface area (TPSA) is 74.7 Å². The van der Waals surface area contributed by atoms with Crippen molar-refractivity contribution in [2.75, 3.05) is 0 Å². The summed E-state index contributed by atoms with van der Waals surface area (Å²) in [6.07, 6.45) is 0.767. The molecular weight excluding hydrogens is 222 g/mol. The molecule has 1 fully saturated rings. The van der Waals surface area contributed by atoms with Crippen LogP contribution in [0.5, 0.6) is 5.75 Å². The molecule has 0 bridgehead atoms. The van der Waals surface area contributed by atoms with Crippen molar-refractivity contribution < 1.29 is 19.5 Å². The quantitative estimate of drug-likeness (QED) is 0.460. The zero-order valence-corrected chi connectivity index (χ0v) is 9.00. The monoisotopic (exact) mass is 233 g/mol. The molecule has 17 heavy (non-hydrogen) atoms. The number of benzene rings is 1. The smallest absolute Gasteiger partial charge is 0.239 e. The summed E-state index contributed by atoms with van der Waals surface area (Å²) in [7, 11) is 0. The summed E-state index contributed by atoms with van der Waals surface area (Å²) < 4.78 is 0. The number of imide groups is 1. The molecule has 1 aromatic rings. The molecule has 1 saturated heterocycles. The predicted octanol–water partition coefficient (Wildman–Crippen LogP) is 0.261. The number of hydrogen-bond acceptors (Lipinski definition) is 4. The van der Waals surface area contributed by atoms with Crippen molar-refractivity contribution in [3.63, 3.8) is 0 Å². The second-order valence-corrected chi connectivity index (χ2v) is 3.91. The van der Waals surface area contributed by atoms with Gasteiger partial charge in [-0.15, -0.1) is 0 Å². The number of hydrogen-bond donors (Lipinski definition) is 1. The largest absolute Gasteiger partial charge is 0.508 e. The first-order chi connectivity index (χ1) is 8.11. The Morgan fingerprint density at radius 2 is 1.82 bits per heavy atom. The van der Waals surface area contributed by atoms with E-state index < -0.39 is 6.04 Å². The maximum Gasteiger partial charge on any atom is 0.239 e. The summed E-state index contributed by atoms with van der Waals surface area (Å²) in [5, 5.41) is 9.11. The molecule has 1 aliphatic rings. The van der Waals surface area contributed by atoms with E-state index >= 15 is 0 Å². The fraction of sp³-hybridized carbons (Fsp3) is 0.250. The van der Waals surface area contributed by atoms with Crippen molar-refractivity contribution in [2.45, 2.75) is 18.9 Å². The minimum atomic E-state index is -0.742. The molecule has 0 aromatic heterocycles. The Kier molecular flexibility index (Phi) is 2.91. The van der Waals surface area contributed by atoms with Crippen LogP contribution in [0.4, 0.5) is 0 Å². The maximum absolute atomic E-state index is 11.2. The van der Waals surface area contributed by atoms with E-state index in [0.717, 1.165) is 10.5 Å². The van der Waals surface area contributed by atoms with Gasteiger partial charge in [0.2, 0.25) is 11.8 Å². The summed E-state index contributed by atoms with van der Waals surface area (Å²) in [5.41, 5.74) is 0.785. The fourth-order valence-corrected chi connectivity index (χ4v) is 1.79. The van der Waals surface area contributed by atoms with Gasteiger partial charge in [0, 0.05) is 6.42 Å². The first-order valence-electron chi connectivity index (χ1n) is 5.20. The zero-order chi connectivity index (χ0) is 12.4. The number of likely N-dealkylation sites (tertiary alicyclic amines) is 1. The van der Waals surface area contributed by atoms with Gasteiger partial charge in [0.1, 0.15) is 18.5 Å². The number of aldehydes is 1. The zero-order valence-electron chi connectivity index (χ0n) is 9.00. The van der Waals surface area contributed by atoms with Crippen molar-refractivity contribution >= 4 is 18.1 Å². The highest BCUT2D eigenvalue weighted by molar-refractivity contribution is 6.16. The second kappa shape index (κ2) is 4.37. The van der Waals surface area contributed by atoms with Crippen molar-refractivity contribution in [2.24, 2.45) is 0 Å². The Balaban J connectivity index is 2.10. The average Bonchev–Trinajstić information content (AvgIpc) is 2.31. The number of phenols is 1. The van der Waals surface area contributed by atoms with Crippen molar-refractivity contribution in [1.82, 2.24) is 4.90 Å². The van der Waals surface area contributed by atoms with E-state index in [9.17, 15) is 14.4 Å². The highest BCUT2D eigenvalue weighted by Crippen LogP contribution is 2.18. The Hall–Kier alpha value is -2.17. The van der Waals surface area contributed by atoms with Gasteiger partial charge in [-0.05, 0) is 17.7 Å². The SMILES string of the molecule is O=C[C@H](Cc1ccc(O)cc1)N1C(=O)CC1=O. The molecule has 0 aliphatic carbocycles. The van der Waals surface area contributed by atoms with Crippen molar-refractivity contribution in [3.05, 3.63) is 29.8 Å². The molecule has 1 heterocycles. The predicted molar refractivity (Wildman–Crippen MR) is 58.1 cm³/mol. The van der Waals surface area contributed by atoms with E-state index in [2.05, 4.69) is 0 Å². The number of carbonyl (C=O) groups is 3. The summed E-state index contributed by atoms with van der Waals surface area (Å²) in [6.45, 7) is 0. The van der Waals surface area contributed by atoms with E-state index in [0.29, 0.717) is 6.29 Å². The van der Waals surface area contributed by atoms with Gasteiger partial charge in [0.25, 0.3) is 0 Å². The van der Waals surface area contributed by atoms with E-state index in [4.69, 9.17) is 5.11 Å². The minimum Gasteiger partial charge on any atom is -0.508 e. The number of rotatable bonds is 4. The van der Waals surface area contributed by atoms with E-state index in [1.54, 1.807) is 12.1 Å². The lowest BCUT2D eigenvalue weighted by Gasteiger charge is -2.33. The van der Waals surface area contributed by atoms with Gasteiger partial charge >= 0.3 is 0 Å². The standard InChI is InChI=1S/C12H11NO4/c14-7-9(13-11(16)6-12(13)17)5-8-1-3-10(15)4-2-8/h1-4,7,9,15H,5-6H2/t9-/m0/s1. The molecule has 88 valence electrons. The lowest BCUT2D eigenvalue weighted by atomic mass is 10.0. The molecule has 1 aliphatic heterocycles. The average molecular weight is 233 g/mol. The molecule has 0 spiro atoms. The number of amides is 2. The van der Waals surface area contributed by atoms with Gasteiger partial charge < -0.3 is 9.90 Å². The first-order valence-corrected chi connectivity index (χ1v) is 5.20. The Morgan fingerprint density at radius 3 is 2.29 bits per heavy atom. The molecule has 5 nitrogen and oxygen atoms in total. The molecule has 2 rings (SSSR count). The third kappa shape index (κ3) is 2.18. The van der Waals surface area contributed by atoms with Crippen LogP contribution in [0.2, 0.25) is 0 Å². The van der Waals surface area contributed by atoms with Crippen LogP contribution in [-0.4, -0.2) is 34.1 Å². The van der Waals surface area contributed by atoms with Crippen molar-refractivity contribution in [1.29, 1.82) is 0 Å². The third-order valence-corrected chi connectivity index (χ3v) is 2.71. The summed E-state index contributed by atoms with van der Waals surface area (Å²) in [6, 6.07) is 5.56. The van der Waals surface area contributed by atoms with Crippen LogP contribution in [0.15, 0.2) is 24.3 Å². The summed E-state index contributed by atoms with van der Waals surface area (Å²) in [4.78, 5) is 34.3. The van der Waals surface area contributed by atoms with Gasteiger partial charge in [0.15, 0.2) is 0 Å². The van der Waals surface area contributed by atoms with Crippen LogP contribution >= 0.6 is 0 Å². The van der Waals surface area contributed by atoms with Gasteiger partial charge in [-0.3, -0.25) is 14.5 Å². The third-order valence-electron chi connectivity index (χ3n) is 2.71. The van der Waals surface area contributed by atoms with Crippen LogP contribution in [-0.2, 0) is 20.8 Å². The Bertz CT molecular complexity index is 452. The molecule has 0 saturated carbocycles. The maximum atomic E-state index is 11.2. The molecule has 1 aromatic carbocycles. The Labute approximate surface area is 97.7 Å². The lowest BCUT2D eigenvalue weighted by Crippen LogP contribution is -2.55. The number of aromatic hydroxyl groups is 1. The number of phenolic OH excluding ortho intramolecular Hbond substituents is 1. The fourth-order valence-electron chi connectivity index (χ4n) is 1.79. The molecule has 0 unspecified atom stereocenters. The van der Waals surface area contributed by atoms with Crippen LogP contribution in [0.1, 0.15) is 12.0 Å². The van der Waals surface area contributed by atoms with Gasteiger partial charge in [0.05, 0.1) is 6.04 Å². The summed E-state index contributed by atoms with van der Waals surface area (Å²) >= 11 is 0. The highest BCUT2D eigenvalue weighted by Gasteiger charge is 2.39. The normalized spacial score (nSPS) is 16.6. The summed E-state index contributed by atoms with van der Waals surface area (Å²) in [5.74, 6) is -0.496. The van der Waals surface area contributed by atoms with E-state index in [-0.39, 0.29) is 30.4 Å². The van der Waals surface area contributed by atoms with Crippen molar-refractivity contribution in [3.8, 4) is 5.75 Å². The first kappa shape index (κ1) is 11.3. The van der Waals surface area contributed by atoms with E-state index in [1.807, 2.05) is 0 Å². The molecule has 5 heteroatoms. The second-order valence-electron chi connectivity index (χ2n) is 3.91. The highest BCUT2D eigenvalue weighted by atomic mass is 16.3. The number of β-lactam (4-membered cyclic amide) rings is 2. The molecule has 1 atom stereocenters.